The quantitative estimate of drug-likeness (QED) is 0.705. The molecule has 0 saturated heterocycles. The lowest BCUT2D eigenvalue weighted by Gasteiger charge is -2.17. The average Bonchev–Trinajstić information content (AvgIpc) is 3.18. The van der Waals surface area contributed by atoms with Crippen LogP contribution in [0.15, 0.2) is 72.8 Å². The minimum absolute atomic E-state index is 0.154. The van der Waals surface area contributed by atoms with E-state index in [-0.39, 0.29) is 6.79 Å². The van der Waals surface area contributed by atoms with Gasteiger partial charge in [0, 0.05) is 11.8 Å². The molecular weight excluding hydrogens is 344 g/mol. The zero-order chi connectivity index (χ0) is 18.6. The molecule has 0 spiro atoms. The minimum Gasteiger partial charge on any atom is -0.454 e. The van der Waals surface area contributed by atoms with Crippen molar-refractivity contribution in [1.29, 1.82) is 0 Å². The molecule has 27 heavy (non-hydrogen) atoms. The fraction of sp³-hybridized carbons (Fsp3) is 0.0476. The van der Waals surface area contributed by atoms with Crippen LogP contribution in [0, 0.1) is 0 Å². The largest absolute Gasteiger partial charge is 0.454 e. The summed E-state index contributed by atoms with van der Waals surface area (Å²) in [5, 5.41) is 2.69. The Labute approximate surface area is 155 Å². The Kier molecular flexibility index (Phi) is 4.45. The highest BCUT2D eigenvalue weighted by Crippen LogP contribution is 2.34. The number of imide groups is 1. The molecule has 0 bridgehead atoms. The van der Waals surface area contributed by atoms with Crippen LogP contribution in [0.4, 0.5) is 16.2 Å². The summed E-state index contributed by atoms with van der Waals surface area (Å²) >= 11 is 0. The van der Waals surface area contributed by atoms with Crippen molar-refractivity contribution in [3.63, 3.8) is 0 Å². The van der Waals surface area contributed by atoms with E-state index in [1.54, 1.807) is 30.3 Å². The highest BCUT2D eigenvalue weighted by Gasteiger charge is 2.18. The summed E-state index contributed by atoms with van der Waals surface area (Å²) in [4.78, 5) is 25.0. The van der Waals surface area contributed by atoms with E-state index in [9.17, 15) is 9.59 Å². The third kappa shape index (κ3) is 3.46. The first-order valence-corrected chi connectivity index (χ1v) is 8.35. The molecule has 4 rings (SSSR count). The molecule has 0 fully saturated rings. The molecule has 3 amide bonds. The van der Waals surface area contributed by atoms with Crippen LogP contribution in [-0.2, 0) is 4.79 Å². The van der Waals surface area contributed by atoms with Gasteiger partial charge in [-0.3, -0.25) is 4.79 Å². The van der Waals surface area contributed by atoms with Crippen molar-refractivity contribution in [2.75, 3.05) is 17.0 Å². The highest BCUT2D eigenvalue weighted by atomic mass is 16.7. The topological polar surface area (TPSA) is 67.9 Å². The van der Waals surface area contributed by atoms with E-state index in [1.807, 2.05) is 42.5 Å². The third-order valence-corrected chi connectivity index (χ3v) is 4.20. The van der Waals surface area contributed by atoms with Crippen molar-refractivity contribution in [2.24, 2.45) is 0 Å². The van der Waals surface area contributed by atoms with E-state index in [4.69, 9.17) is 9.47 Å². The summed E-state index contributed by atoms with van der Waals surface area (Å²) < 4.78 is 10.5. The maximum Gasteiger partial charge on any atom is 0.332 e. The van der Waals surface area contributed by atoms with Gasteiger partial charge in [0.25, 0.3) is 0 Å². The van der Waals surface area contributed by atoms with E-state index in [0.717, 1.165) is 16.0 Å². The number of carbonyl (C=O) groups is 2. The molecule has 6 heteroatoms. The first kappa shape index (κ1) is 16.7. The molecule has 6 nitrogen and oxygen atoms in total. The lowest BCUT2D eigenvalue weighted by atomic mass is 10.1. The van der Waals surface area contributed by atoms with E-state index in [1.165, 1.54) is 0 Å². The Hall–Kier alpha value is -3.80. The van der Waals surface area contributed by atoms with Crippen molar-refractivity contribution in [3.05, 3.63) is 72.8 Å². The number of carbonyl (C=O) groups excluding carboxylic acids is 2. The van der Waals surface area contributed by atoms with Crippen LogP contribution in [0.2, 0.25) is 0 Å². The van der Waals surface area contributed by atoms with Crippen molar-refractivity contribution in [2.45, 2.75) is 0 Å². The number of rotatable bonds is 4. The van der Waals surface area contributed by atoms with Gasteiger partial charge in [0.1, 0.15) is 0 Å². The second-order valence-electron chi connectivity index (χ2n) is 5.89. The average molecular weight is 360 g/mol. The summed E-state index contributed by atoms with van der Waals surface area (Å²) in [6.07, 6.45) is 0.486. The van der Waals surface area contributed by atoms with Crippen LogP contribution in [0.25, 0.3) is 11.1 Å². The Bertz CT molecular complexity index is 971. The molecule has 1 heterocycles. The van der Waals surface area contributed by atoms with Gasteiger partial charge in [0.2, 0.25) is 13.2 Å². The van der Waals surface area contributed by atoms with Gasteiger partial charge in [-0.15, -0.1) is 0 Å². The third-order valence-electron chi connectivity index (χ3n) is 4.20. The number of ether oxygens (including phenoxy) is 2. The molecule has 134 valence electrons. The molecule has 0 atom stereocenters. The summed E-state index contributed by atoms with van der Waals surface area (Å²) in [6.45, 7) is 0.154. The van der Waals surface area contributed by atoms with E-state index in [0.29, 0.717) is 29.3 Å². The smallest absolute Gasteiger partial charge is 0.332 e. The maximum atomic E-state index is 12.5. The first-order valence-electron chi connectivity index (χ1n) is 8.35. The number of anilines is 2. The molecule has 1 N–H and O–H groups in total. The van der Waals surface area contributed by atoms with Crippen LogP contribution >= 0.6 is 0 Å². The fourth-order valence-corrected chi connectivity index (χ4v) is 2.83. The van der Waals surface area contributed by atoms with Crippen molar-refractivity contribution < 1.29 is 19.1 Å². The Morgan fingerprint density at radius 3 is 2.33 bits per heavy atom. The second kappa shape index (κ2) is 7.21. The highest BCUT2D eigenvalue weighted by molar-refractivity contribution is 6.12. The predicted octanol–water partition coefficient (Wildman–Crippen LogP) is 4.28. The van der Waals surface area contributed by atoms with E-state index < -0.39 is 6.03 Å². The predicted molar refractivity (Wildman–Crippen MR) is 102 cm³/mol. The molecule has 0 radical (unpaired) electrons. The number of hydrogen-bond donors (Lipinski definition) is 1. The Balaban J connectivity index is 1.51. The molecule has 1 aliphatic rings. The molecular formula is C21H16N2O4. The van der Waals surface area contributed by atoms with Crippen molar-refractivity contribution in [1.82, 2.24) is 0 Å². The van der Waals surface area contributed by atoms with E-state index >= 15 is 0 Å². The van der Waals surface area contributed by atoms with Crippen LogP contribution in [0.5, 0.6) is 11.5 Å². The van der Waals surface area contributed by atoms with E-state index in [2.05, 4.69) is 5.32 Å². The van der Waals surface area contributed by atoms with Gasteiger partial charge in [-0.05, 0) is 35.4 Å². The SMILES string of the molecule is O=CN(C(=O)Nc1ccc2c(c1)OCO2)c1ccc(-c2ccccc2)cc1. The van der Waals surface area contributed by atoms with Gasteiger partial charge >= 0.3 is 6.03 Å². The normalized spacial score (nSPS) is 11.7. The van der Waals surface area contributed by atoms with Crippen LogP contribution < -0.4 is 19.7 Å². The lowest BCUT2D eigenvalue weighted by Crippen LogP contribution is -2.33. The minimum atomic E-state index is -0.559. The summed E-state index contributed by atoms with van der Waals surface area (Å²) in [5.74, 6) is 1.18. The van der Waals surface area contributed by atoms with Gasteiger partial charge in [-0.2, -0.15) is 0 Å². The fourth-order valence-electron chi connectivity index (χ4n) is 2.83. The van der Waals surface area contributed by atoms with Crippen LogP contribution in [0.1, 0.15) is 0 Å². The van der Waals surface area contributed by atoms with Crippen LogP contribution in [-0.4, -0.2) is 19.2 Å². The number of amides is 3. The summed E-state index contributed by atoms with van der Waals surface area (Å²) in [5.41, 5.74) is 3.05. The monoisotopic (exact) mass is 360 g/mol. The molecule has 3 aromatic rings. The Morgan fingerprint density at radius 2 is 1.59 bits per heavy atom. The zero-order valence-electron chi connectivity index (χ0n) is 14.3. The molecule has 3 aromatic carbocycles. The standard InChI is InChI=1S/C21H16N2O4/c24-13-23(18-9-6-16(7-10-18)15-4-2-1-3-5-15)21(25)22-17-8-11-19-20(12-17)27-14-26-19/h1-13H,14H2,(H,22,25). The zero-order valence-corrected chi connectivity index (χ0v) is 14.3. The molecule has 0 saturated carbocycles. The number of nitrogens with one attached hydrogen (secondary N) is 1. The molecule has 0 aliphatic carbocycles. The summed E-state index contributed by atoms with van der Waals surface area (Å²) in [6, 6.07) is 21.6. The first-order chi connectivity index (χ1) is 13.2. The number of hydrogen-bond acceptors (Lipinski definition) is 4. The van der Waals surface area contributed by atoms with Crippen LogP contribution in [0.3, 0.4) is 0 Å². The number of urea groups is 1. The van der Waals surface area contributed by atoms with Gasteiger partial charge < -0.3 is 14.8 Å². The van der Waals surface area contributed by atoms with Crippen molar-refractivity contribution in [3.8, 4) is 22.6 Å². The second-order valence-corrected chi connectivity index (χ2v) is 5.89. The lowest BCUT2D eigenvalue weighted by molar-refractivity contribution is -0.106. The van der Waals surface area contributed by atoms with Gasteiger partial charge in [0.05, 0.1) is 5.69 Å². The molecule has 1 aliphatic heterocycles. The maximum absolute atomic E-state index is 12.5. The van der Waals surface area contributed by atoms with Gasteiger partial charge in [-0.25, -0.2) is 9.69 Å². The van der Waals surface area contributed by atoms with Gasteiger partial charge in [0.15, 0.2) is 11.5 Å². The number of nitrogens with zero attached hydrogens (tertiary/aromatic N) is 1. The summed E-state index contributed by atoms with van der Waals surface area (Å²) in [7, 11) is 0. The number of fused-ring (bicyclic) bond motifs is 1. The number of benzene rings is 3. The van der Waals surface area contributed by atoms with Crippen molar-refractivity contribution >= 4 is 23.8 Å². The molecule has 0 aromatic heterocycles. The molecule has 0 unspecified atom stereocenters. The Morgan fingerprint density at radius 1 is 0.889 bits per heavy atom. The van der Waals surface area contributed by atoms with Gasteiger partial charge in [-0.1, -0.05) is 42.5 Å².